The lowest BCUT2D eigenvalue weighted by atomic mass is 9.87. The fraction of sp³-hybridized carbons (Fsp3) is 0.278. The van der Waals surface area contributed by atoms with Gasteiger partial charge in [0.25, 0.3) is 0 Å². The lowest BCUT2D eigenvalue weighted by Gasteiger charge is -2.33. The number of allylic oxidation sites excluding steroid dienone is 1. The van der Waals surface area contributed by atoms with Crippen LogP contribution in [0.2, 0.25) is 0 Å². The molecule has 1 unspecified atom stereocenters. The number of methoxy groups -OCH3 is 1. The Morgan fingerprint density at radius 1 is 0.825 bits per heavy atom. The zero-order valence-electron chi connectivity index (χ0n) is 24.1. The molecule has 1 heterocycles. The maximum absolute atomic E-state index is 5.60. The average Bonchev–Trinajstić information content (AvgIpc) is 2.98. The Labute approximate surface area is 250 Å². The van der Waals surface area contributed by atoms with E-state index >= 15 is 0 Å². The van der Waals surface area contributed by atoms with Gasteiger partial charge in [-0.2, -0.15) is 24.4 Å². The standard InChI is InChI=1S/C28H31NOS.C8H10S/c1-20(21-10-6-5-7-11-21)31-17-16-23-19-28(2,3)29-26-15-14-22(18-25(23)26)24-12-8-9-13-27(24)30-4;9-7-6-8-4-2-1-3-5-8/h5-15,18-20,29H,16-17H2,1-4H3;1-5,9H,6-7H2. The molecule has 0 fully saturated rings. The maximum atomic E-state index is 5.60. The fourth-order valence-electron chi connectivity index (χ4n) is 5.01. The van der Waals surface area contributed by atoms with E-state index in [0.29, 0.717) is 5.25 Å². The van der Waals surface area contributed by atoms with E-state index in [1.54, 1.807) is 7.11 Å². The zero-order chi connectivity index (χ0) is 28.4. The number of aryl methyl sites for hydroxylation is 1. The van der Waals surface area contributed by atoms with Crippen molar-refractivity contribution in [2.24, 2.45) is 0 Å². The molecular weight excluding hydrogens is 527 g/mol. The number of thiol groups is 1. The molecule has 1 N–H and O–H groups in total. The molecule has 0 saturated heterocycles. The molecule has 1 aliphatic heterocycles. The molecule has 2 nitrogen and oxygen atoms in total. The molecule has 0 bridgehead atoms. The van der Waals surface area contributed by atoms with Gasteiger partial charge in [0.2, 0.25) is 0 Å². The topological polar surface area (TPSA) is 21.3 Å². The quantitative estimate of drug-likeness (QED) is 0.197. The molecule has 0 spiro atoms. The number of anilines is 1. The van der Waals surface area contributed by atoms with Gasteiger partial charge in [-0.05, 0) is 85.6 Å². The van der Waals surface area contributed by atoms with E-state index in [-0.39, 0.29) is 5.54 Å². The third-order valence-corrected chi connectivity index (χ3v) is 8.46. The van der Waals surface area contributed by atoms with Crippen molar-refractivity contribution < 1.29 is 4.74 Å². The fourth-order valence-corrected chi connectivity index (χ4v) is 6.31. The molecule has 4 aromatic carbocycles. The Morgan fingerprint density at radius 3 is 2.20 bits per heavy atom. The van der Waals surface area contributed by atoms with E-state index < -0.39 is 0 Å². The summed E-state index contributed by atoms with van der Waals surface area (Å²) in [7, 11) is 1.73. The Bertz CT molecular complexity index is 1380. The second-order valence-electron chi connectivity index (χ2n) is 10.6. The Morgan fingerprint density at radius 2 is 1.50 bits per heavy atom. The average molecular weight is 568 g/mol. The zero-order valence-corrected chi connectivity index (χ0v) is 25.8. The van der Waals surface area contributed by atoms with Crippen molar-refractivity contribution >= 4 is 35.7 Å². The van der Waals surface area contributed by atoms with Crippen LogP contribution in [0, 0.1) is 0 Å². The SMILES string of the molecule is COc1ccccc1-c1ccc2c(c1)C(CCSC(C)c1ccccc1)=CC(C)(C)N2.SCCc1ccccc1. The number of thioether (sulfide) groups is 1. The second kappa shape index (κ2) is 14.5. The van der Waals surface area contributed by atoms with Crippen LogP contribution < -0.4 is 10.1 Å². The summed E-state index contributed by atoms with van der Waals surface area (Å²) in [4.78, 5) is 0. The summed E-state index contributed by atoms with van der Waals surface area (Å²) in [5, 5.41) is 4.18. The predicted molar refractivity (Wildman–Crippen MR) is 180 cm³/mol. The van der Waals surface area contributed by atoms with Crippen molar-refractivity contribution in [2.45, 2.75) is 44.4 Å². The summed E-state index contributed by atoms with van der Waals surface area (Å²) in [6.07, 6.45) is 4.52. The van der Waals surface area contributed by atoms with Gasteiger partial charge in [-0.3, -0.25) is 0 Å². The smallest absolute Gasteiger partial charge is 0.126 e. The molecule has 208 valence electrons. The minimum Gasteiger partial charge on any atom is -0.496 e. The van der Waals surface area contributed by atoms with Crippen LogP contribution in [0.5, 0.6) is 5.75 Å². The molecule has 1 atom stereocenters. The van der Waals surface area contributed by atoms with Crippen molar-refractivity contribution in [3.63, 3.8) is 0 Å². The van der Waals surface area contributed by atoms with E-state index in [9.17, 15) is 0 Å². The Hall–Kier alpha value is -3.08. The molecule has 1 aliphatic rings. The number of hydrogen-bond donors (Lipinski definition) is 2. The summed E-state index contributed by atoms with van der Waals surface area (Å²) in [5.74, 6) is 2.93. The van der Waals surface area contributed by atoms with Crippen molar-refractivity contribution in [1.29, 1.82) is 0 Å². The number of nitrogens with one attached hydrogen (secondary N) is 1. The summed E-state index contributed by atoms with van der Waals surface area (Å²) in [6.45, 7) is 6.78. The Balaban J connectivity index is 0.000000350. The number of benzene rings is 4. The van der Waals surface area contributed by atoms with Crippen molar-refractivity contribution in [1.82, 2.24) is 0 Å². The highest BCUT2D eigenvalue weighted by atomic mass is 32.2. The van der Waals surface area contributed by atoms with Gasteiger partial charge in [0, 0.05) is 22.1 Å². The first kappa shape index (κ1) is 29.9. The largest absolute Gasteiger partial charge is 0.496 e. The summed E-state index contributed by atoms with van der Waals surface area (Å²) < 4.78 is 5.60. The van der Waals surface area contributed by atoms with Crippen LogP contribution in [0.4, 0.5) is 5.69 Å². The molecule has 0 aromatic heterocycles. The first-order valence-electron chi connectivity index (χ1n) is 14.0. The van der Waals surface area contributed by atoms with Crippen molar-refractivity contribution in [2.75, 3.05) is 23.9 Å². The normalized spacial score (nSPS) is 14.1. The molecule has 0 amide bonds. The van der Waals surface area contributed by atoms with Gasteiger partial charge in [-0.25, -0.2) is 0 Å². The van der Waals surface area contributed by atoms with Crippen molar-refractivity contribution in [3.05, 3.63) is 126 Å². The highest BCUT2D eigenvalue weighted by molar-refractivity contribution is 7.99. The van der Waals surface area contributed by atoms with Gasteiger partial charge < -0.3 is 10.1 Å². The molecule has 0 radical (unpaired) electrons. The van der Waals surface area contributed by atoms with Crippen LogP contribution in [-0.2, 0) is 6.42 Å². The van der Waals surface area contributed by atoms with Gasteiger partial charge >= 0.3 is 0 Å². The van der Waals surface area contributed by atoms with E-state index in [0.717, 1.165) is 35.7 Å². The molecule has 40 heavy (non-hydrogen) atoms. The lowest BCUT2D eigenvalue weighted by molar-refractivity contribution is 0.416. The highest BCUT2D eigenvalue weighted by Crippen LogP contribution is 2.41. The van der Waals surface area contributed by atoms with Crippen LogP contribution in [0.25, 0.3) is 16.7 Å². The molecule has 4 heteroatoms. The molecule has 5 rings (SSSR count). The van der Waals surface area contributed by atoms with E-state index in [1.807, 2.05) is 30.0 Å². The third-order valence-electron chi connectivity index (χ3n) is 7.03. The van der Waals surface area contributed by atoms with E-state index in [2.05, 4.69) is 130 Å². The monoisotopic (exact) mass is 567 g/mol. The first-order chi connectivity index (χ1) is 19.4. The number of para-hydroxylation sites is 1. The number of rotatable bonds is 9. The van der Waals surface area contributed by atoms with Crippen LogP contribution in [0.3, 0.4) is 0 Å². The van der Waals surface area contributed by atoms with Crippen LogP contribution >= 0.6 is 24.4 Å². The summed E-state index contributed by atoms with van der Waals surface area (Å²) in [5.41, 5.74) is 8.96. The van der Waals surface area contributed by atoms with E-state index in [4.69, 9.17) is 4.74 Å². The van der Waals surface area contributed by atoms with Crippen molar-refractivity contribution in [3.8, 4) is 16.9 Å². The van der Waals surface area contributed by atoms with Gasteiger partial charge in [0.15, 0.2) is 0 Å². The predicted octanol–water partition coefficient (Wildman–Crippen LogP) is 9.99. The Kier molecular flexibility index (Phi) is 10.9. The lowest BCUT2D eigenvalue weighted by Crippen LogP contribution is -2.31. The van der Waals surface area contributed by atoms with Crippen LogP contribution in [-0.4, -0.2) is 24.2 Å². The van der Waals surface area contributed by atoms with Gasteiger partial charge in [-0.15, -0.1) is 0 Å². The maximum Gasteiger partial charge on any atom is 0.126 e. The molecular formula is C36H41NOS2. The second-order valence-corrected chi connectivity index (χ2v) is 12.5. The summed E-state index contributed by atoms with van der Waals surface area (Å²) >= 11 is 6.16. The number of ether oxygens (including phenoxy) is 1. The van der Waals surface area contributed by atoms with Crippen LogP contribution in [0.15, 0.2) is 109 Å². The molecule has 0 aliphatic carbocycles. The third kappa shape index (κ3) is 8.22. The number of hydrogen-bond acceptors (Lipinski definition) is 4. The minimum absolute atomic E-state index is 0.0516. The van der Waals surface area contributed by atoms with E-state index in [1.165, 1.54) is 33.5 Å². The van der Waals surface area contributed by atoms with Gasteiger partial charge in [-0.1, -0.05) is 91.0 Å². The first-order valence-corrected chi connectivity index (χ1v) is 15.7. The molecule has 4 aromatic rings. The number of fused-ring (bicyclic) bond motifs is 1. The highest BCUT2D eigenvalue weighted by Gasteiger charge is 2.25. The van der Waals surface area contributed by atoms with Gasteiger partial charge in [0.1, 0.15) is 5.75 Å². The van der Waals surface area contributed by atoms with Crippen LogP contribution in [0.1, 0.15) is 49.1 Å². The molecule has 0 saturated carbocycles. The summed E-state index contributed by atoms with van der Waals surface area (Å²) in [6, 6.07) is 36.1. The minimum atomic E-state index is -0.0516. The van der Waals surface area contributed by atoms with Gasteiger partial charge in [0.05, 0.1) is 12.6 Å².